The van der Waals surface area contributed by atoms with E-state index in [1.165, 1.54) is 16.3 Å². The molecular formula is C17H22N2. The van der Waals surface area contributed by atoms with Gasteiger partial charge in [0.05, 0.1) is 0 Å². The Kier molecular flexibility index (Phi) is 3.54. The number of hydrogen-bond acceptors (Lipinski definition) is 2. The highest BCUT2D eigenvalue weighted by atomic mass is 15.2. The highest BCUT2D eigenvalue weighted by Crippen LogP contribution is 2.29. The number of nitrogens with one attached hydrogen (secondary N) is 1. The topological polar surface area (TPSA) is 15.3 Å². The van der Waals surface area contributed by atoms with Crippen molar-refractivity contribution < 1.29 is 0 Å². The average molecular weight is 254 g/mol. The molecule has 3 rings (SSSR count). The number of benzene rings is 2. The van der Waals surface area contributed by atoms with Crippen LogP contribution in [0.2, 0.25) is 0 Å². The van der Waals surface area contributed by atoms with E-state index in [0.29, 0.717) is 12.1 Å². The van der Waals surface area contributed by atoms with E-state index in [1.54, 1.807) is 0 Å². The van der Waals surface area contributed by atoms with Crippen LogP contribution in [0.15, 0.2) is 42.5 Å². The molecule has 1 unspecified atom stereocenters. The lowest BCUT2D eigenvalue weighted by Gasteiger charge is -2.41. The summed E-state index contributed by atoms with van der Waals surface area (Å²) in [7, 11) is 0. The van der Waals surface area contributed by atoms with Gasteiger partial charge < -0.3 is 5.32 Å². The van der Waals surface area contributed by atoms with Crippen LogP contribution >= 0.6 is 0 Å². The maximum absolute atomic E-state index is 3.38. The van der Waals surface area contributed by atoms with E-state index in [4.69, 9.17) is 0 Å². The van der Waals surface area contributed by atoms with E-state index >= 15 is 0 Å². The van der Waals surface area contributed by atoms with Gasteiger partial charge in [-0.2, -0.15) is 0 Å². The van der Waals surface area contributed by atoms with Crippen molar-refractivity contribution >= 4 is 10.8 Å². The molecule has 1 saturated heterocycles. The Morgan fingerprint density at radius 3 is 2.58 bits per heavy atom. The van der Waals surface area contributed by atoms with Crippen LogP contribution in [0.25, 0.3) is 10.8 Å². The molecule has 2 heteroatoms. The van der Waals surface area contributed by atoms with E-state index in [-0.39, 0.29) is 0 Å². The van der Waals surface area contributed by atoms with E-state index in [0.717, 1.165) is 19.6 Å². The summed E-state index contributed by atoms with van der Waals surface area (Å²) in [6.07, 6.45) is 0. The SMILES string of the molecule is CCN(C1CNC1)C(C)c1cccc2ccccc12. The van der Waals surface area contributed by atoms with Crippen molar-refractivity contribution in [2.45, 2.75) is 25.9 Å². The van der Waals surface area contributed by atoms with Gasteiger partial charge in [-0.05, 0) is 29.8 Å². The van der Waals surface area contributed by atoms with Crippen LogP contribution in [0.5, 0.6) is 0 Å². The molecule has 0 saturated carbocycles. The molecule has 0 radical (unpaired) electrons. The molecule has 2 aromatic carbocycles. The van der Waals surface area contributed by atoms with Crippen molar-refractivity contribution in [1.29, 1.82) is 0 Å². The van der Waals surface area contributed by atoms with Crippen molar-refractivity contribution in [3.8, 4) is 0 Å². The van der Waals surface area contributed by atoms with E-state index in [9.17, 15) is 0 Å². The quantitative estimate of drug-likeness (QED) is 0.901. The zero-order valence-electron chi connectivity index (χ0n) is 11.8. The molecule has 2 nitrogen and oxygen atoms in total. The highest BCUT2D eigenvalue weighted by Gasteiger charge is 2.28. The van der Waals surface area contributed by atoms with Crippen molar-refractivity contribution in [3.63, 3.8) is 0 Å². The van der Waals surface area contributed by atoms with Crippen molar-refractivity contribution in [3.05, 3.63) is 48.0 Å². The summed E-state index contributed by atoms with van der Waals surface area (Å²) in [5, 5.41) is 6.11. The van der Waals surface area contributed by atoms with Crippen LogP contribution in [-0.4, -0.2) is 30.6 Å². The summed E-state index contributed by atoms with van der Waals surface area (Å²) in [6, 6.07) is 16.5. The van der Waals surface area contributed by atoms with Gasteiger partial charge in [0, 0.05) is 25.2 Å². The molecule has 100 valence electrons. The Morgan fingerprint density at radius 1 is 1.16 bits per heavy atom. The predicted molar refractivity (Wildman–Crippen MR) is 81.4 cm³/mol. The molecule has 1 fully saturated rings. The Balaban J connectivity index is 1.98. The maximum atomic E-state index is 3.38. The summed E-state index contributed by atoms with van der Waals surface area (Å²) < 4.78 is 0. The molecule has 0 bridgehead atoms. The smallest absolute Gasteiger partial charge is 0.0351 e. The van der Waals surface area contributed by atoms with Crippen LogP contribution in [0.1, 0.15) is 25.5 Å². The molecule has 1 N–H and O–H groups in total. The molecule has 2 aromatic rings. The number of rotatable bonds is 4. The second kappa shape index (κ2) is 5.32. The first kappa shape index (κ1) is 12.6. The Labute approximate surface area is 115 Å². The molecular weight excluding hydrogens is 232 g/mol. The minimum atomic E-state index is 0.475. The zero-order chi connectivity index (χ0) is 13.2. The average Bonchev–Trinajstić information content (AvgIpc) is 2.41. The summed E-state index contributed by atoms with van der Waals surface area (Å²) in [5.74, 6) is 0. The van der Waals surface area contributed by atoms with Crippen molar-refractivity contribution in [2.75, 3.05) is 19.6 Å². The number of nitrogens with zero attached hydrogens (tertiary/aromatic N) is 1. The molecule has 0 amide bonds. The number of fused-ring (bicyclic) bond motifs is 1. The van der Waals surface area contributed by atoms with Crippen molar-refractivity contribution in [1.82, 2.24) is 10.2 Å². The van der Waals surface area contributed by atoms with Crippen molar-refractivity contribution in [2.24, 2.45) is 0 Å². The molecule has 1 aliphatic heterocycles. The lowest BCUT2D eigenvalue weighted by molar-refractivity contribution is 0.110. The zero-order valence-corrected chi connectivity index (χ0v) is 11.8. The van der Waals surface area contributed by atoms with Gasteiger partial charge in [0.25, 0.3) is 0 Å². The third kappa shape index (κ3) is 2.26. The summed E-state index contributed by atoms with van der Waals surface area (Å²) in [4.78, 5) is 2.61. The summed E-state index contributed by atoms with van der Waals surface area (Å²) in [5.41, 5.74) is 1.45. The third-order valence-corrected chi connectivity index (χ3v) is 4.37. The first-order valence-corrected chi connectivity index (χ1v) is 7.25. The van der Waals surface area contributed by atoms with Gasteiger partial charge in [0.1, 0.15) is 0 Å². The lowest BCUT2D eigenvalue weighted by Crippen LogP contribution is -2.57. The van der Waals surface area contributed by atoms with Gasteiger partial charge >= 0.3 is 0 Å². The van der Waals surface area contributed by atoms with Gasteiger partial charge in [0.2, 0.25) is 0 Å². The second-order valence-corrected chi connectivity index (χ2v) is 5.39. The largest absolute Gasteiger partial charge is 0.314 e. The minimum absolute atomic E-state index is 0.475. The van der Waals surface area contributed by atoms with E-state index in [2.05, 4.69) is 66.5 Å². The maximum Gasteiger partial charge on any atom is 0.0351 e. The monoisotopic (exact) mass is 254 g/mol. The van der Waals surface area contributed by atoms with Gasteiger partial charge in [-0.15, -0.1) is 0 Å². The molecule has 0 spiro atoms. The number of hydrogen-bond donors (Lipinski definition) is 1. The molecule has 0 aromatic heterocycles. The van der Waals surface area contributed by atoms with Gasteiger partial charge in [-0.3, -0.25) is 4.90 Å². The fourth-order valence-corrected chi connectivity index (χ4v) is 3.15. The molecule has 1 aliphatic rings. The van der Waals surface area contributed by atoms with Crippen LogP contribution < -0.4 is 5.32 Å². The highest BCUT2D eigenvalue weighted by molar-refractivity contribution is 5.86. The van der Waals surface area contributed by atoms with Crippen LogP contribution in [0.4, 0.5) is 0 Å². The number of likely N-dealkylation sites (N-methyl/N-ethyl adjacent to an activating group) is 1. The second-order valence-electron chi connectivity index (χ2n) is 5.39. The Bertz CT molecular complexity index is 555. The Hall–Kier alpha value is -1.38. The minimum Gasteiger partial charge on any atom is -0.314 e. The van der Waals surface area contributed by atoms with E-state index in [1.807, 2.05) is 0 Å². The van der Waals surface area contributed by atoms with Crippen LogP contribution in [-0.2, 0) is 0 Å². The van der Waals surface area contributed by atoms with E-state index < -0.39 is 0 Å². The van der Waals surface area contributed by atoms with Crippen LogP contribution in [0.3, 0.4) is 0 Å². The Morgan fingerprint density at radius 2 is 1.89 bits per heavy atom. The first-order valence-electron chi connectivity index (χ1n) is 7.25. The normalized spacial score (nSPS) is 17.6. The van der Waals surface area contributed by atoms with Gasteiger partial charge in [-0.1, -0.05) is 49.4 Å². The molecule has 19 heavy (non-hydrogen) atoms. The molecule has 1 atom stereocenters. The third-order valence-electron chi connectivity index (χ3n) is 4.37. The fraction of sp³-hybridized carbons (Fsp3) is 0.412. The molecule has 0 aliphatic carbocycles. The fourth-order valence-electron chi connectivity index (χ4n) is 3.15. The van der Waals surface area contributed by atoms with Gasteiger partial charge in [-0.25, -0.2) is 0 Å². The summed E-state index contributed by atoms with van der Waals surface area (Å²) >= 11 is 0. The summed E-state index contributed by atoms with van der Waals surface area (Å²) in [6.45, 7) is 7.96. The predicted octanol–water partition coefficient (Wildman–Crippen LogP) is 3.19. The standard InChI is InChI=1S/C17H22N2/c1-3-19(15-11-18-12-15)13(2)16-10-6-8-14-7-4-5-9-17(14)16/h4-10,13,15,18H,3,11-12H2,1-2H3. The lowest BCUT2D eigenvalue weighted by atomic mass is 9.96. The first-order chi connectivity index (χ1) is 9.31. The molecule has 1 heterocycles. The van der Waals surface area contributed by atoms with Crippen LogP contribution in [0, 0.1) is 0 Å². The van der Waals surface area contributed by atoms with Gasteiger partial charge in [0.15, 0.2) is 0 Å².